The highest BCUT2D eigenvalue weighted by molar-refractivity contribution is 5.84. The molecular formula is C15H19F3N2. The highest BCUT2D eigenvalue weighted by atomic mass is 19.4. The minimum absolute atomic E-state index is 0.0877. The van der Waals surface area contributed by atoms with E-state index in [0.717, 1.165) is 5.52 Å². The lowest BCUT2D eigenvalue weighted by atomic mass is 9.93. The molecule has 1 aromatic heterocycles. The highest BCUT2D eigenvalue weighted by Gasteiger charge is 2.35. The van der Waals surface area contributed by atoms with Crippen LogP contribution in [-0.2, 0) is 13.2 Å². The third-order valence-corrected chi connectivity index (χ3v) is 3.52. The van der Waals surface area contributed by atoms with E-state index in [0.29, 0.717) is 16.6 Å². The molecule has 1 heterocycles. The fourth-order valence-electron chi connectivity index (χ4n) is 2.50. The van der Waals surface area contributed by atoms with Gasteiger partial charge < -0.3 is 0 Å². The zero-order chi connectivity index (χ0) is 15.2. The quantitative estimate of drug-likeness (QED) is 0.771. The molecule has 0 fully saturated rings. The van der Waals surface area contributed by atoms with Crippen molar-refractivity contribution in [3.8, 4) is 0 Å². The molecular weight excluding hydrogens is 265 g/mol. The molecule has 0 spiro atoms. The summed E-state index contributed by atoms with van der Waals surface area (Å²) >= 11 is 0. The van der Waals surface area contributed by atoms with Gasteiger partial charge in [-0.1, -0.05) is 27.7 Å². The number of alkyl halides is 3. The standard InChI is InChI=1S/C15H19F3N2/c1-8(2)10-7-13-11(6-12(10)15(16,17)18)14(9(3)4)19-20(13)5/h6-9H,1-5H3. The molecule has 0 N–H and O–H groups in total. The lowest BCUT2D eigenvalue weighted by Crippen LogP contribution is -2.10. The molecule has 0 saturated heterocycles. The molecule has 0 aliphatic heterocycles. The van der Waals surface area contributed by atoms with Gasteiger partial charge in [0.05, 0.1) is 16.8 Å². The Bertz CT molecular complexity index is 637. The van der Waals surface area contributed by atoms with Crippen LogP contribution in [0, 0.1) is 0 Å². The number of rotatable bonds is 2. The van der Waals surface area contributed by atoms with Gasteiger partial charge in [-0.2, -0.15) is 18.3 Å². The summed E-state index contributed by atoms with van der Waals surface area (Å²) in [4.78, 5) is 0. The van der Waals surface area contributed by atoms with Crippen LogP contribution in [0.5, 0.6) is 0 Å². The molecule has 0 radical (unpaired) electrons. The minimum Gasteiger partial charge on any atom is -0.268 e. The van der Waals surface area contributed by atoms with Crippen LogP contribution in [0.2, 0.25) is 0 Å². The summed E-state index contributed by atoms with van der Waals surface area (Å²) in [6, 6.07) is 2.88. The largest absolute Gasteiger partial charge is 0.416 e. The fourth-order valence-corrected chi connectivity index (χ4v) is 2.50. The fraction of sp³-hybridized carbons (Fsp3) is 0.533. The average molecular weight is 284 g/mol. The molecule has 0 atom stereocenters. The summed E-state index contributed by atoms with van der Waals surface area (Å²) in [5.74, 6) is -0.0990. The molecule has 5 heteroatoms. The van der Waals surface area contributed by atoms with Crippen molar-refractivity contribution in [1.29, 1.82) is 0 Å². The maximum absolute atomic E-state index is 13.2. The van der Waals surface area contributed by atoms with E-state index >= 15 is 0 Å². The van der Waals surface area contributed by atoms with Gasteiger partial charge in [0.15, 0.2) is 0 Å². The van der Waals surface area contributed by atoms with Gasteiger partial charge in [0.25, 0.3) is 0 Å². The second-order valence-corrected chi connectivity index (χ2v) is 5.77. The Morgan fingerprint density at radius 1 is 1.05 bits per heavy atom. The number of hydrogen-bond acceptors (Lipinski definition) is 1. The summed E-state index contributed by atoms with van der Waals surface area (Å²) in [6.07, 6.45) is -4.34. The average Bonchev–Trinajstić information content (AvgIpc) is 2.64. The van der Waals surface area contributed by atoms with Crippen LogP contribution in [0.1, 0.15) is 56.4 Å². The summed E-state index contributed by atoms with van der Waals surface area (Å²) in [5, 5.41) is 4.96. The molecule has 0 amide bonds. The molecule has 20 heavy (non-hydrogen) atoms. The van der Waals surface area contributed by atoms with Crippen molar-refractivity contribution in [2.45, 2.75) is 45.7 Å². The molecule has 0 unspecified atom stereocenters. The molecule has 0 aliphatic carbocycles. The van der Waals surface area contributed by atoms with Crippen LogP contribution in [0.3, 0.4) is 0 Å². The van der Waals surface area contributed by atoms with Gasteiger partial charge in [-0.3, -0.25) is 4.68 Å². The van der Waals surface area contributed by atoms with Gasteiger partial charge in [-0.05, 0) is 29.5 Å². The second kappa shape index (κ2) is 4.79. The monoisotopic (exact) mass is 284 g/mol. The first-order valence-corrected chi connectivity index (χ1v) is 6.70. The predicted molar refractivity (Wildman–Crippen MR) is 73.9 cm³/mol. The first kappa shape index (κ1) is 14.9. The normalized spacial score (nSPS) is 12.9. The maximum Gasteiger partial charge on any atom is 0.416 e. The summed E-state index contributed by atoms with van der Waals surface area (Å²) in [5.41, 5.74) is 1.24. The second-order valence-electron chi connectivity index (χ2n) is 5.77. The van der Waals surface area contributed by atoms with Crippen molar-refractivity contribution >= 4 is 10.9 Å². The van der Waals surface area contributed by atoms with Crippen LogP contribution >= 0.6 is 0 Å². The number of benzene rings is 1. The van der Waals surface area contributed by atoms with E-state index in [1.165, 1.54) is 6.07 Å². The Kier molecular flexibility index (Phi) is 3.56. The van der Waals surface area contributed by atoms with Gasteiger partial charge >= 0.3 is 6.18 Å². The predicted octanol–water partition coefficient (Wildman–Crippen LogP) is 4.84. The SMILES string of the molecule is CC(C)c1cc2c(cc1C(F)(F)F)c(C(C)C)nn2C. The van der Waals surface area contributed by atoms with Crippen molar-refractivity contribution in [3.63, 3.8) is 0 Å². The zero-order valence-corrected chi connectivity index (χ0v) is 12.3. The Balaban J connectivity index is 2.84. The number of nitrogens with zero attached hydrogens (tertiary/aromatic N) is 2. The van der Waals surface area contributed by atoms with Crippen molar-refractivity contribution in [2.24, 2.45) is 7.05 Å². The lowest BCUT2D eigenvalue weighted by Gasteiger charge is -2.16. The van der Waals surface area contributed by atoms with Crippen LogP contribution in [0.4, 0.5) is 13.2 Å². The zero-order valence-electron chi connectivity index (χ0n) is 12.3. The number of aromatic nitrogens is 2. The van der Waals surface area contributed by atoms with Crippen LogP contribution in [0.15, 0.2) is 12.1 Å². The topological polar surface area (TPSA) is 17.8 Å². The Hall–Kier alpha value is -1.52. The van der Waals surface area contributed by atoms with E-state index in [1.807, 2.05) is 13.8 Å². The van der Waals surface area contributed by atoms with Crippen LogP contribution < -0.4 is 0 Å². The van der Waals surface area contributed by atoms with E-state index in [4.69, 9.17) is 0 Å². The van der Waals surface area contributed by atoms with Gasteiger partial charge in [-0.25, -0.2) is 0 Å². The number of aryl methyl sites for hydroxylation is 1. The number of fused-ring (bicyclic) bond motifs is 1. The van der Waals surface area contributed by atoms with Crippen LogP contribution in [0.25, 0.3) is 10.9 Å². The van der Waals surface area contributed by atoms with Crippen molar-refractivity contribution < 1.29 is 13.2 Å². The highest BCUT2D eigenvalue weighted by Crippen LogP contribution is 2.39. The molecule has 0 bridgehead atoms. The van der Waals surface area contributed by atoms with E-state index < -0.39 is 11.7 Å². The molecule has 2 nitrogen and oxygen atoms in total. The summed E-state index contributed by atoms with van der Waals surface area (Å²) in [6.45, 7) is 7.42. The first-order chi connectivity index (χ1) is 9.12. The van der Waals surface area contributed by atoms with E-state index in [1.54, 1.807) is 31.6 Å². The molecule has 0 saturated carbocycles. The molecule has 2 rings (SSSR count). The third-order valence-electron chi connectivity index (χ3n) is 3.52. The molecule has 110 valence electrons. The van der Waals surface area contributed by atoms with Crippen LogP contribution in [-0.4, -0.2) is 9.78 Å². The smallest absolute Gasteiger partial charge is 0.268 e. The number of hydrogen-bond donors (Lipinski definition) is 0. The van der Waals surface area contributed by atoms with Crippen molar-refractivity contribution in [3.05, 3.63) is 29.0 Å². The minimum atomic E-state index is -4.34. The summed E-state index contributed by atoms with van der Waals surface area (Å²) in [7, 11) is 1.77. The van der Waals surface area contributed by atoms with Gasteiger partial charge in [0, 0.05) is 12.4 Å². The first-order valence-electron chi connectivity index (χ1n) is 6.70. The molecule has 1 aromatic carbocycles. The number of halogens is 3. The van der Waals surface area contributed by atoms with Gasteiger partial charge in [-0.15, -0.1) is 0 Å². The van der Waals surface area contributed by atoms with E-state index in [9.17, 15) is 13.2 Å². The van der Waals surface area contributed by atoms with Crippen molar-refractivity contribution in [2.75, 3.05) is 0 Å². The Labute approximate surface area is 116 Å². The van der Waals surface area contributed by atoms with Gasteiger partial charge in [0.2, 0.25) is 0 Å². The van der Waals surface area contributed by atoms with E-state index in [-0.39, 0.29) is 11.8 Å². The Morgan fingerprint density at radius 3 is 2.10 bits per heavy atom. The summed E-state index contributed by atoms with van der Waals surface area (Å²) < 4.78 is 41.4. The van der Waals surface area contributed by atoms with Crippen molar-refractivity contribution in [1.82, 2.24) is 9.78 Å². The van der Waals surface area contributed by atoms with Gasteiger partial charge in [0.1, 0.15) is 0 Å². The van der Waals surface area contributed by atoms with E-state index in [2.05, 4.69) is 5.10 Å². The Morgan fingerprint density at radius 2 is 1.65 bits per heavy atom. The maximum atomic E-state index is 13.2. The lowest BCUT2D eigenvalue weighted by molar-refractivity contribution is -0.138. The third kappa shape index (κ3) is 2.41. The molecule has 2 aromatic rings. The molecule has 0 aliphatic rings.